The van der Waals surface area contributed by atoms with Crippen molar-refractivity contribution in [3.8, 4) is 0 Å². The number of carboxylic acid groups (broad SMARTS) is 2. The van der Waals surface area contributed by atoms with Gasteiger partial charge in [0.2, 0.25) is 11.8 Å². The molecule has 0 saturated heterocycles. The molecule has 0 aromatic rings. The average molecular weight is 319 g/mol. The average Bonchev–Trinajstić information content (AvgIpc) is 2.41. The summed E-state index contributed by atoms with van der Waals surface area (Å²) in [5, 5.41) is 30.7. The molecule has 0 aromatic heterocycles. The molecular weight excluding hydrogens is 298 g/mol. The van der Waals surface area contributed by atoms with Crippen molar-refractivity contribution in [1.82, 2.24) is 10.6 Å². The van der Waals surface area contributed by atoms with Gasteiger partial charge in [-0.25, -0.2) is 4.79 Å². The van der Waals surface area contributed by atoms with Crippen molar-refractivity contribution in [3.05, 3.63) is 0 Å². The summed E-state index contributed by atoms with van der Waals surface area (Å²) in [6, 6.07) is -4.04. The number of aliphatic hydroxyl groups is 1. The minimum Gasteiger partial charge on any atom is -0.481 e. The first kappa shape index (κ1) is 19.8. The highest BCUT2D eigenvalue weighted by Crippen LogP contribution is 2.03. The molecule has 2 amide bonds. The van der Waals surface area contributed by atoms with Crippen molar-refractivity contribution in [2.75, 3.05) is 6.61 Å². The second-order valence-electron chi connectivity index (χ2n) is 5.02. The third kappa shape index (κ3) is 6.50. The van der Waals surface area contributed by atoms with Crippen LogP contribution in [-0.4, -0.2) is 63.8 Å². The van der Waals surface area contributed by atoms with E-state index >= 15 is 0 Å². The summed E-state index contributed by atoms with van der Waals surface area (Å²) in [5.74, 6) is -4.96. The first-order valence-electron chi connectivity index (χ1n) is 6.51. The van der Waals surface area contributed by atoms with E-state index in [-0.39, 0.29) is 0 Å². The van der Waals surface area contributed by atoms with Gasteiger partial charge in [-0.1, -0.05) is 13.8 Å². The predicted octanol–water partition coefficient (Wildman–Crippen LogP) is -2.51. The Bertz CT molecular complexity index is 438. The van der Waals surface area contributed by atoms with Crippen LogP contribution in [0, 0.1) is 5.92 Å². The van der Waals surface area contributed by atoms with Crippen molar-refractivity contribution in [1.29, 1.82) is 0 Å². The zero-order chi connectivity index (χ0) is 17.4. The minimum atomic E-state index is -1.50. The molecule has 3 atom stereocenters. The van der Waals surface area contributed by atoms with Gasteiger partial charge in [-0.05, 0) is 5.92 Å². The lowest BCUT2D eigenvalue weighted by Crippen LogP contribution is -2.56. The highest BCUT2D eigenvalue weighted by atomic mass is 16.4. The highest BCUT2D eigenvalue weighted by molar-refractivity contribution is 5.93. The summed E-state index contributed by atoms with van der Waals surface area (Å²) in [5.41, 5.74) is 5.26. The molecule has 0 aliphatic heterocycles. The van der Waals surface area contributed by atoms with Gasteiger partial charge in [0, 0.05) is 0 Å². The highest BCUT2D eigenvalue weighted by Gasteiger charge is 2.30. The molecule has 0 spiro atoms. The zero-order valence-electron chi connectivity index (χ0n) is 12.3. The van der Waals surface area contributed by atoms with Gasteiger partial charge in [0.15, 0.2) is 0 Å². The van der Waals surface area contributed by atoms with Crippen LogP contribution in [0.3, 0.4) is 0 Å². The van der Waals surface area contributed by atoms with Gasteiger partial charge in [-0.15, -0.1) is 0 Å². The topological polar surface area (TPSA) is 179 Å². The molecule has 0 aliphatic carbocycles. The summed E-state index contributed by atoms with van der Waals surface area (Å²) in [6.07, 6.45) is -0.750. The molecule has 0 heterocycles. The third-order valence-corrected chi connectivity index (χ3v) is 2.78. The number of aliphatic carboxylic acids is 2. The normalized spacial score (nSPS) is 14.8. The van der Waals surface area contributed by atoms with Crippen molar-refractivity contribution < 1.29 is 34.5 Å². The number of nitrogens with two attached hydrogens (primary N) is 1. The molecule has 0 bridgehead atoms. The van der Waals surface area contributed by atoms with E-state index in [1.54, 1.807) is 13.8 Å². The van der Waals surface area contributed by atoms with Gasteiger partial charge in [0.1, 0.15) is 18.1 Å². The van der Waals surface area contributed by atoms with Crippen molar-refractivity contribution in [2.45, 2.75) is 38.4 Å². The Morgan fingerprint density at radius 3 is 1.95 bits per heavy atom. The number of amides is 2. The number of carbonyl (C=O) groups excluding carboxylic acids is 2. The summed E-state index contributed by atoms with van der Waals surface area (Å²) in [4.78, 5) is 45.3. The Kier molecular flexibility index (Phi) is 8.05. The molecule has 126 valence electrons. The van der Waals surface area contributed by atoms with Crippen LogP contribution in [0.5, 0.6) is 0 Å². The lowest BCUT2D eigenvalue weighted by molar-refractivity contribution is -0.144. The van der Waals surface area contributed by atoms with Crippen LogP contribution < -0.4 is 16.4 Å². The first-order chi connectivity index (χ1) is 10.1. The van der Waals surface area contributed by atoms with Gasteiger partial charge in [-0.3, -0.25) is 14.4 Å². The van der Waals surface area contributed by atoms with Crippen LogP contribution in [0.25, 0.3) is 0 Å². The van der Waals surface area contributed by atoms with Gasteiger partial charge < -0.3 is 31.7 Å². The number of rotatable bonds is 9. The van der Waals surface area contributed by atoms with Crippen LogP contribution >= 0.6 is 0 Å². The lowest BCUT2D eigenvalue weighted by atomic mass is 10.0. The zero-order valence-corrected chi connectivity index (χ0v) is 12.3. The van der Waals surface area contributed by atoms with E-state index in [1.165, 1.54) is 0 Å². The van der Waals surface area contributed by atoms with E-state index in [1.807, 2.05) is 0 Å². The van der Waals surface area contributed by atoms with Gasteiger partial charge in [0.25, 0.3) is 0 Å². The Morgan fingerprint density at radius 1 is 1.05 bits per heavy atom. The SMILES string of the molecule is CC(C)[C@H](NC(=O)[C@H](CC(=O)O)NC(=O)[C@@H](N)CO)C(=O)O. The number of carbonyl (C=O) groups is 4. The van der Waals surface area contributed by atoms with Crippen molar-refractivity contribution in [3.63, 3.8) is 0 Å². The summed E-state index contributed by atoms with van der Waals surface area (Å²) < 4.78 is 0. The van der Waals surface area contributed by atoms with Crippen LogP contribution in [0.15, 0.2) is 0 Å². The van der Waals surface area contributed by atoms with Crippen molar-refractivity contribution >= 4 is 23.8 Å². The standard InChI is InChI=1S/C12H21N3O7/c1-5(2)9(12(21)22)15-11(20)7(3-8(17)18)14-10(19)6(13)4-16/h5-7,9,16H,3-4,13H2,1-2H3,(H,14,19)(H,15,20)(H,17,18)(H,21,22)/t6-,7-,9-/m0/s1. The molecule has 0 fully saturated rings. The first-order valence-corrected chi connectivity index (χ1v) is 6.51. The smallest absolute Gasteiger partial charge is 0.326 e. The number of aliphatic hydroxyl groups excluding tert-OH is 1. The molecule has 0 saturated carbocycles. The van der Waals surface area contributed by atoms with E-state index in [4.69, 9.17) is 21.1 Å². The summed E-state index contributed by atoms with van der Waals surface area (Å²) in [6.45, 7) is 2.44. The van der Waals surface area contributed by atoms with Gasteiger partial charge in [-0.2, -0.15) is 0 Å². The van der Waals surface area contributed by atoms with E-state index in [9.17, 15) is 19.2 Å². The third-order valence-electron chi connectivity index (χ3n) is 2.78. The molecule has 0 radical (unpaired) electrons. The van der Waals surface area contributed by atoms with E-state index in [0.29, 0.717) is 0 Å². The fourth-order valence-electron chi connectivity index (χ4n) is 1.51. The summed E-state index contributed by atoms with van der Waals surface area (Å²) >= 11 is 0. The number of nitrogens with one attached hydrogen (secondary N) is 2. The van der Waals surface area contributed by atoms with E-state index < -0.39 is 60.8 Å². The van der Waals surface area contributed by atoms with E-state index in [2.05, 4.69) is 10.6 Å². The number of hydrogen-bond acceptors (Lipinski definition) is 6. The molecule has 0 aliphatic rings. The number of carboxylic acids is 2. The molecule has 10 nitrogen and oxygen atoms in total. The van der Waals surface area contributed by atoms with Crippen LogP contribution in [0.4, 0.5) is 0 Å². The Morgan fingerprint density at radius 2 is 1.59 bits per heavy atom. The van der Waals surface area contributed by atoms with Gasteiger partial charge >= 0.3 is 11.9 Å². The number of hydrogen-bond donors (Lipinski definition) is 6. The molecule has 7 N–H and O–H groups in total. The summed E-state index contributed by atoms with van der Waals surface area (Å²) in [7, 11) is 0. The van der Waals surface area contributed by atoms with Crippen molar-refractivity contribution in [2.24, 2.45) is 11.7 Å². The molecule has 0 rings (SSSR count). The molecule has 0 unspecified atom stereocenters. The molecule has 10 heteroatoms. The molecule has 0 aromatic carbocycles. The second-order valence-corrected chi connectivity index (χ2v) is 5.02. The van der Waals surface area contributed by atoms with E-state index in [0.717, 1.165) is 0 Å². The maximum absolute atomic E-state index is 12.0. The monoisotopic (exact) mass is 319 g/mol. The predicted molar refractivity (Wildman–Crippen MR) is 73.6 cm³/mol. The Labute approximate surface area is 126 Å². The maximum Gasteiger partial charge on any atom is 0.326 e. The second kappa shape index (κ2) is 8.95. The van der Waals surface area contributed by atoms with Gasteiger partial charge in [0.05, 0.1) is 13.0 Å². The molecular formula is C12H21N3O7. The Balaban J connectivity index is 5.01. The van der Waals surface area contributed by atoms with Crippen LogP contribution in [-0.2, 0) is 19.2 Å². The quantitative estimate of drug-likeness (QED) is 0.269. The van der Waals surface area contributed by atoms with Crippen LogP contribution in [0.1, 0.15) is 20.3 Å². The fraction of sp³-hybridized carbons (Fsp3) is 0.667. The Hall–Kier alpha value is -2.20. The minimum absolute atomic E-state index is 0.442. The van der Waals surface area contributed by atoms with Crippen LogP contribution in [0.2, 0.25) is 0 Å². The largest absolute Gasteiger partial charge is 0.481 e. The maximum atomic E-state index is 12.0. The fourth-order valence-corrected chi connectivity index (χ4v) is 1.51. The molecule has 22 heavy (non-hydrogen) atoms. The lowest BCUT2D eigenvalue weighted by Gasteiger charge is -2.23.